The van der Waals surface area contributed by atoms with E-state index in [0.29, 0.717) is 22.9 Å². The summed E-state index contributed by atoms with van der Waals surface area (Å²) in [5.41, 5.74) is 3.93. The lowest BCUT2D eigenvalue weighted by Crippen LogP contribution is -2.36. The minimum Gasteiger partial charge on any atom is -0.495 e. The van der Waals surface area contributed by atoms with Gasteiger partial charge in [0.05, 0.1) is 31.7 Å². The molecule has 0 atom stereocenters. The van der Waals surface area contributed by atoms with E-state index >= 15 is 0 Å². The van der Waals surface area contributed by atoms with Crippen molar-refractivity contribution in [2.24, 2.45) is 0 Å². The van der Waals surface area contributed by atoms with E-state index in [2.05, 4.69) is 33.7 Å². The van der Waals surface area contributed by atoms with Crippen molar-refractivity contribution in [1.29, 1.82) is 0 Å². The quantitative estimate of drug-likeness (QED) is 0.277. The van der Waals surface area contributed by atoms with Gasteiger partial charge in [-0.05, 0) is 69.0 Å². The molecule has 208 valence electrons. The van der Waals surface area contributed by atoms with E-state index < -0.39 is 0 Å². The van der Waals surface area contributed by atoms with Crippen LogP contribution in [0.3, 0.4) is 0 Å². The van der Waals surface area contributed by atoms with Gasteiger partial charge in [-0.3, -0.25) is 0 Å². The number of anilines is 3. The predicted octanol–water partition coefficient (Wildman–Crippen LogP) is 6.88. The van der Waals surface area contributed by atoms with Gasteiger partial charge in [0.2, 0.25) is 0 Å². The van der Waals surface area contributed by atoms with Crippen LogP contribution in [0.25, 0.3) is 21.9 Å². The van der Waals surface area contributed by atoms with Crippen LogP contribution in [-0.4, -0.2) is 50.0 Å². The molecule has 2 amide bonds. The predicted molar refractivity (Wildman–Crippen MR) is 161 cm³/mol. The van der Waals surface area contributed by atoms with E-state index in [4.69, 9.17) is 19.2 Å². The van der Waals surface area contributed by atoms with Gasteiger partial charge in [0.25, 0.3) is 0 Å². The number of rotatable bonds is 6. The number of carbonyl (C=O) groups is 1. The van der Waals surface area contributed by atoms with E-state index in [1.807, 2.05) is 64.1 Å². The van der Waals surface area contributed by atoms with Crippen molar-refractivity contribution in [3.63, 3.8) is 0 Å². The second-order valence-electron chi connectivity index (χ2n) is 10.8. The molecule has 0 saturated carbocycles. The maximum absolute atomic E-state index is 13.1. The molecule has 2 heterocycles. The van der Waals surface area contributed by atoms with Gasteiger partial charge in [-0.1, -0.05) is 30.3 Å². The van der Waals surface area contributed by atoms with Gasteiger partial charge in [-0.2, -0.15) is 0 Å². The van der Waals surface area contributed by atoms with Crippen molar-refractivity contribution < 1.29 is 19.0 Å². The van der Waals surface area contributed by atoms with Crippen LogP contribution in [0.15, 0.2) is 66.7 Å². The van der Waals surface area contributed by atoms with Crippen LogP contribution in [0.1, 0.15) is 26.5 Å². The second-order valence-corrected chi connectivity index (χ2v) is 10.8. The number of amides is 2. The molecular formula is C32H36N4O4. The number of fused-ring (bicyclic) bond motifs is 1. The average molecular weight is 541 g/mol. The van der Waals surface area contributed by atoms with Crippen LogP contribution in [0, 0.1) is 6.92 Å². The lowest BCUT2D eigenvalue weighted by molar-refractivity contribution is 0.122. The number of methoxy groups -OCH3 is 1. The summed E-state index contributed by atoms with van der Waals surface area (Å²) in [6, 6.07) is 21.2. The molecule has 4 aromatic rings. The van der Waals surface area contributed by atoms with Crippen LogP contribution >= 0.6 is 0 Å². The van der Waals surface area contributed by atoms with Gasteiger partial charge in [-0.15, -0.1) is 0 Å². The number of hydrogen-bond acceptors (Lipinski definition) is 6. The summed E-state index contributed by atoms with van der Waals surface area (Å²) in [5, 5.41) is 7.90. The fourth-order valence-corrected chi connectivity index (χ4v) is 4.92. The molecule has 8 nitrogen and oxygen atoms in total. The molecular weight excluding hydrogens is 504 g/mol. The number of morpholine rings is 1. The first-order valence-corrected chi connectivity index (χ1v) is 13.5. The van der Waals surface area contributed by atoms with Gasteiger partial charge >= 0.3 is 6.03 Å². The molecule has 0 spiro atoms. The van der Waals surface area contributed by atoms with Crippen LogP contribution in [0.4, 0.5) is 22.0 Å². The average Bonchev–Trinajstić information content (AvgIpc) is 2.93. The summed E-state index contributed by atoms with van der Waals surface area (Å²) in [7, 11) is 1.57. The number of carbonyl (C=O) groups excluding carboxylic acids is 1. The third-order valence-electron chi connectivity index (χ3n) is 6.71. The molecule has 0 bridgehead atoms. The number of nitrogens with one attached hydrogen (secondary N) is 2. The summed E-state index contributed by atoms with van der Waals surface area (Å²) < 4.78 is 16.9. The van der Waals surface area contributed by atoms with E-state index in [9.17, 15) is 4.79 Å². The lowest BCUT2D eigenvalue weighted by atomic mass is 9.96. The first-order chi connectivity index (χ1) is 19.2. The van der Waals surface area contributed by atoms with Crippen molar-refractivity contribution in [3.8, 4) is 22.6 Å². The molecule has 2 N–H and O–H groups in total. The number of aromatic nitrogens is 1. The highest BCUT2D eigenvalue weighted by Gasteiger charge is 2.18. The highest BCUT2D eigenvalue weighted by atomic mass is 16.5. The van der Waals surface area contributed by atoms with E-state index in [1.54, 1.807) is 19.2 Å². The van der Waals surface area contributed by atoms with E-state index in [1.165, 1.54) is 0 Å². The van der Waals surface area contributed by atoms with E-state index in [-0.39, 0.29) is 11.6 Å². The maximum Gasteiger partial charge on any atom is 0.323 e. The first-order valence-electron chi connectivity index (χ1n) is 13.5. The molecule has 8 heteroatoms. The lowest BCUT2D eigenvalue weighted by Gasteiger charge is -2.28. The Morgan fingerprint density at radius 3 is 2.30 bits per heavy atom. The Morgan fingerprint density at radius 2 is 1.60 bits per heavy atom. The SMILES string of the molecule is COc1ccc(OC(C)(C)C)cc1NC(=O)Nc1ccc(-c2ccc(N3CCOCC3)nc2C)c2ccccc12. The Hall–Kier alpha value is -4.30. The Kier molecular flexibility index (Phi) is 7.80. The van der Waals surface area contributed by atoms with Crippen LogP contribution in [0.5, 0.6) is 11.5 Å². The van der Waals surface area contributed by atoms with Crippen molar-refractivity contribution in [1.82, 2.24) is 4.98 Å². The smallest absolute Gasteiger partial charge is 0.323 e. The number of nitrogens with zero attached hydrogens (tertiary/aromatic N) is 2. The largest absolute Gasteiger partial charge is 0.495 e. The van der Waals surface area contributed by atoms with Crippen LogP contribution in [-0.2, 0) is 4.74 Å². The minimum atomic E-state index is -0.378. The Morgan fingerprint density at radius 1 is 0.900 bits per heavy atom. The fraction of sp³-hybridized carbons (Fsp3) is 0.312. The van der Waals surface area contributed by atoms with Crippen LogP contribution in [0.2, 0.25) is 0 Å². The Balaban J connectivity index is 1.40. The summed E-state index contributed by atoms with van der Waals surface area (Å²) in [6.07, 6.45) is 0. The van der Waals surface area contributed by atoms with Crippen molar-refractivity contribution in [2.45, 2.75) is 33.3 Å². The molecule has 0 unspecified atom stereocenters. The summed E-state index contributed by atoms with van der Waals surface area (Å²) >= 11 is 0. The molecule has 1 fully saturated rings. The standard InChI is InChI=1S/C32H36N4O4/c1-21-23(12-15-30(33-21)36-16-18-39-19-17-36)25-11-13-27(26-9-7-6-8-24(25)26)34-31(37)35-28-20-22(40-32(2,3)4)10-14-29(28)38-5/h6-15,20H,16-19H2,1-5H3,(H2,34,35,37). The van der Waals surface area contributed by atoms with Crippen molar-refractivity contribution in [3.05, 3.63) is 72.4 Å². The zero-order valence-electron chi connectivity index (χ0n) is 23.7. The zero-order valence-corrected chi connectivity index (χ0v) is 23.7. The number of pyridine rings is 1. The number of hydrogen-bond donors (Lipinski definition) is 2. The first kappa shape index (κ1) is 27.3. The molecule has 1 saturated heterocycles. The Labute approximate surface area is 235 Å². The molecule has 0 aliphatic carbocycles. The highest BCUT2D eigenvalue weighted by Crippen LogP contribution is 2.36. The maximum atomic E-state index is 13.1. The molecule has 40 heavy (non-hydrogen) atoms. The van der Waals surface area contributed by atoms with Crippen molar-refractivity contribution >= 4 is 34.0 Å². The molecule has 3 aromatic carbocycles. The van der Waals surface area contributed by atoms with E-state index in [0.717, 1.165) is 59.7 Å². The van der Waals surface area contributed by atoms with Gasteiger partial charge in [-0.25, -0.2) is 9.78 Å². The van der Waals surface area contributed by atoms with Gasteiger partial charge in [0.1, 0.15) is 22.9 Å². The topological polar surface area (TPSA) is 85.0 Å². The third-order valence-corrected chi connectivity index (χ3v) is 6.71. The molecule has 0 radical (unpaired) electrons. The van der Waals surface area contributed by atoms with Gasteiger partial charge < -0.3 is 29.7 Å². The van der Waals surface area contributed by atoms with Crippen molar-refractivity contribution in [2.75, 3.05) is 48.9 Å². The number of benzene rings is 3. The normalized spacial score (nSPS) is 13.7. The summed E-state index contributed by atoms with van der Waals surface area (Å²) in [6.45, 7) is 11.1. The molecule has 1 aliphatic heterocycles. The fourth-order valence-electron chi connectivity index (χ4n) is 4.92. The number of urea groups is 1. The minimum absolute atomic E-state index is 0.370. The Bertz CT molecular complexity index is 1520. The highest BCUT2D eigenvalue weighted by molar-refractivity contribution is 6.10. The summed E-state index contributed by atoms with van der Waals surface area (Å²) in [5.74, 6) is 2.15. The molecule has 1 aromatic heterocycles. The molecule has 1 aliphatic rings. The molecule has 5 rings (SSSR count). The van der Waals surface area contributed by atoms with Crippen LogP contribution < -0.4 is 25.0 Å². The van der Waals surface area contributed by atoms with Gasteiger partial charge in [0, 0.05) is 35.8 Å². The third kappa shape index (κ3) is 6.13. The summed E-state index contributed by atoms with van der Waals surface area (Å²) in [4.78, 5) is 20.3. The number of ether oxygens (including phenoxy) is 3. The zero-order chi connectivity index (χ0) is 28.3. The number of aryl methyl sites for hydroxylation is 1. The monoisotopic (exact) mass is 540 g/mol. The second kappa shape index (κ2) is 11.4. The van der Waals surface area contributed by atoms with Gasteiger partial charge in [0.15, 0.2) is 0 Å².